The molecule has 0 saturated carbocycles. The molecule has 2 nitrogen and oxygen atoms in total. The van der Waals surface area contributed by atoms with Gasteiger partial charge in [-0.15, -0.1) is 0 Å². The van der Waals surface area contributed by atoms with E-state index in [0.29, 0.717) is 0 Å². The number of anilines is 1. The molecular weight excluding hydrogens is 487 g/mol. The Morgan fingerprint density at radius 1 is 0.862 bits per heavy atom. The third kappa shape index (κ3) is 3.55. The number of hydrogen-bond acceptors (Lipinski definition) is 2. The van der Waals surface area contributed by atoms with Crippen molar-refractivity contribution in [1.82, 2.24) is 0 Å². The lowest BCUT2D eigenvalue weighted by atomic mass is 9.99. The quantitative estimate of drug-likeness (QED) is 0.304. The minimum Gasteiger partial charge on any atom is -1.00 e. The maximum atomic E-state index is 2.31. The van der Waals surface area contributed by atoms with Crippen LogP contribution >= 0.6 is 11.8 Å². The Hall–Kier alpha value is -2.31. The van der Waals surface area contributed by atoms with E-state index in [4.69, 9.17) is 0 Å². The monoisotopic (exact) mass is 508 g/mol. The molecule has 1 aliphatic rings. The van der Waals surface area contributed by atoms with Crippen molar-refractivity contribution < 1.29 is 28.5 Å². The zero-order valence-corrected chi connectivity index (χ0v) is 19.3. The van der Waals surface area contributed by atoms with Gasteiger partial charge in [-0.3, -0.25) is 0 Å². The van der Waals surface area contributed by atoms with Crippen molar-refractivity contribution in [2.24, 2.45) is 7.05 Å². The van der Waals surface area contributed by atoms with Crippen LogP contribution in [0.25, 0.3) is 28.1 Å². The van der Waals surface area contributed by atoms with Gasteiger partial charge in [-0.05, 0) is 41.5 Å². The van der Waals surface area contributed by atoms with E-state index >= 15 is 0 Å². The average Bonchev–Trinajstić information content (AvgIpc) is 3.06. The van der Waals surface area contributed by atoms with Gasteiger partial charge in [0.2, 0.25) is 5.52 Å². The lowest BCUT2D eigenvalue weighted by Gasteiger charge is -2.14. The van der Waals surface area contributed by atoms with Crippen molar-refractivity contribution in [3.05, 3.63) is 95.7 Å². The van der Waals surface area contributed by atoms with E-state index in [2.05, 4.69) is 115 Å². The van der Waals surface area contributed by atoms with Gasteiger partial charge in [0, 0.05) is 18.0 Å². The third-order valence-electron chi connectivity index (χ3n) is 5.31. The molecule has 0 unspecified atom stereocenters. The molecule has 4 aromatic rings. The number of fused-ring (bicyclic) bond motifs is 2. The summed E-state index contributed by atoms with van der Waals surface area (Å²) in [6, 6.07) is 28.0. The van der Waals surface area contributed by atoms with Crippen molar-refractivity contribution in [3.63, 3.8) is 0 Å². The summed E-state index contributed by atoms with van der Waals surface area (Å²) in [7, 11) is 4.27. The van der Waals surface area contributed by atoms with Crippen LogP contribution < -0.4 is 33.4 Å². The lowest BCUT2D eigenvalue weighted by molar-refractivity contribution is -0.644. The van der Waals surface area contributed by atoms with Crippen LogP contribution in [0.1, 0.15) is 5.56 Å². The molecule has 1 aliphatic heterocycles. The summed E-state index contributed by atoms with van der Waals surface area (Å²) in [6.07, 6.45) is 4.47. The number of thioether (sulfide) groups is 1. The first kappa shape index (κ1) is 20.0. The molecule has 0 N–H and O–H groups in total. The number of para-hydroxylation sites is 2. The predicted octanol–water partition coefficient (Wildman–Crippen LogP) is 2.88. The van der Waals surface area contributed by atoms with Gasteiger partial charge in [0.1, 0.15) is 7.05 Å². The lowest BCUT2D eigenvalue weighted by Crippen LogP contribution is -3.00. The third-order valence-corrected chi connectivity index (χ3v) is 6.48. The van der Waals surface area contributed by atoms with Crippen LogP contribution in [0.5, 0.6) is 0 Å². The highest BCUT2D eigenvalue weighted by Gasteiger charge is 2.22. The van der Waals surface area contributed by atoms with Crippen molar-refractivity contribution >= 4 is 34.4 Å². The fourth-order valence-corrected chi connectivity index (χ4v) is 4.97. The van der Waals surface area contributed by atoms with Gasteiger partial charge in [0.15, 0.2) is 6.20 Å². The second-order valence-corrected chi connectivity index (χ2v) is 8.12. The summed E-state index contributed by atoms with van der Waals surface area (Å²) in [4.78, 5) is 3.59. The minimum absolute atomic E-state index is 0. The molecule has 5 rings (SSSR count). The molecule has 0 aliphatic carbocycles. The SMILES string of the molecule is CN1/C(=C/c2cc[n+](C)c3c(-c4ccccc4)cccc23)Sc2ccccc21.[I-]. The van der Waals surface area contributed by atoms with E-state index in [1.165, 1.54) is 43.2 Å². The fourth-order valence-electron chi connectivity index (χ4n) is 3.87. The highest BCUT2D eigenvalue weighted by Crippen LogP contribution is 2.45. The van der Waals surface area contributed by atoms with Gasteiger partial charge in [-0.2, -0.15) is 0 Å². The molecule has 1 aromatic heterocycles. The molecule has 0 spiro atoms. The number of aromatic nitrogens is 1. The predicted molar refractivity (Wildman–Crippen MR) is 119 cm³/mol. The average molecular weight is 508 g/mol. The molecule has 0 atom stereocenters. The van der Waals surface area contributed by atoms with Crippen LogP contribution in [0.3, 0.4) is 0 Å². The number of benzene rings is 3. The number of aryl methyl sites for hydroxylation is 1. The summed E-state index contributed by atoms with van der Waals surface area (Å²) in [5.41, 5.74) is 6.28. The van der Waals surface area contributed by atoms with Crippen LogP contribution in [0, 0.1) is 0 Å². The number of halogens is 1. The Morgan fingerprint density at radius 3 is 2.41 bits per heavy atom. The Labute approximate surface area is 192 Å². The molecule has 29 heavy (non-hydrogen) atoms. The molecule has 3 aromatic carbocycles. The number of nitrogens with zero attached hydrogens (tertiary/aromatic N) is 2. The van der Waals surface area contributed by atoms with Gasteiger partial charge in [0.25, 0.3) is 0 Å². The van der Waals surface area contributed by atoms with Crippen LogP contribution in [0.15, 0.2) is 95.0 Å². The summed E-state index contributed by atoms with van der Waals surface area (Å²) in [5.74, 6) is 0. The van der Waals surface area contributed by atoms with Crippen LogP contribution in [0.4, 0.5) is 5.69 Å². The molecule has 0 radical (unpaired) electrons. The molecule has 4 heteroatoms. The van der Waals surface area contributed by atoms with Crippen LogP contribution in [-0.4, -0.2) is 7.05 Å². The highest BCUT2D eigenvalue weighted by atomic mass is 127. The van der Waals surface area contributed by atoms with E-state index in [1.807, 2.05) is 11.8 Å². The van der Waals surface area contributed by atoms with Crippen molar-refractivity contribution in [1.29, 1.82) is 0 Å². The van der Waals surface area contributed by atoms with E-state index in [-0.39, 0.29) is 24.0 Å². The zero-order chi connectivity index (χ0) is 19.1. The maximum Gasteiger partial charge on any atom is 0.220 e. The second-order valence-electron chi connectivity index (χ2n) is 7.06. The first-order chi connectivity index (χ1) is 13.7. The van der Waals surface area contributed by atoms with Crippen molar-refractivity contribution in [2.75, 3.05) is 11.9 Å². The van der Waals surface area contributed by atoms with E-state index in [9.17, 15) is 0 Å². The Bertz CT molecular complexity index is 1220. The topological polar surface area (TPSA) is 7.12 Å². The van der Waals surface area contributed by atoms with Crippen molar-refractivity contribution in [2.45, 2.75) is 4.90 Å². The zero-order valence-electron chi connectivity index (χ0n) is 16.3. The first-order valence-electron chi connectivity index (χ1n) is 9.41. The summed E-state index contributed by atoms with van der Waals surface area (Å²) >= 11 is 1.83. The van der Waals surface area contributed by atoms with E-state index in [0.717, 1.165) is 0 Å². The highest BCUT2D eigenvalue weighted by molar-refractivity contribution is 8.03. The molecule has 0 bridgehead atoms. The molecule has 144 valence electrons. The van der Waals surface area contributed by atoms with Crippen LogP contribution in [0.2, 0.25) is 0 Å². The molecule has 0 fully saturated rings. The van der Waals surface area contributed by atoms with E-state index in [1.54, 1.807) is 0 Å². The van der Waals surface area contributed by atoms with Crippen molar-refractivity contribution in [3.8, 4) is 11.1 Å². The first-order valence-corrected chi connectivity index (χ1v) is 10.2. The standard InChI is InChI=1S/C25H21N2S.HI/c1-26-16-15-19(17-24-27(2)22-13-6-7-14-23(22)28-24)21-12-8-11-20(25(21)26)18-9-4-3-5-10-18;/h3-17H,1-2H3;1H/q+1;/p-1. The number of pyridine rings is 1. The smallest absolute Gasteiger partial charge is 0.220 e. The maximum absolute atomic E-state index is 2.31. The normalized spacial score (nSPS) is 14.1. The van der Waals surface area contributed by atoms with Gasteiger partial charge >= 0.3 is 0 Å². The molecule has 0 amide bonds. The number of rotatable bonds is 2. The molecular formula is C25H21IN2S. The minimum atomic E-state index is 0. The van der Waals surface area contributed by atoms with E-state index < -0.39 is 0 Å². The summed E-state index contributed by atoms with van der Waals surface area (Å²) < 4.78 is 2.22. The molecule has 2 heterocycles. The molecule has 0 saturated heterocycles. The second kappa shape index (κ2) is 8.20. The van der Waals surface area contributed by atoms with Gasteiger partial charge < -0.3 is 28.9 Å². The van der Waals surface area contributed by atoms with Gasteiger partial charge in [0.05, 0.1) is 21.7 Å². The fraction of sp³-hybridized carbons (Fsp3) is 0.0800. The Morgan fingerprint density at radius 2 is 1.62 bits per heavy atom. The van der Waals surface area contributed by atoms with Gasteiger partial charge in [-0.1, -0.05) is 60.3 Å². The van der Waals surface area contributed by atoms with Gasteiger partial charge in [-0.25, -0.2) is 4.57 Å². The largest absolute Gasteiger partial charge is 1.00 e. The Balaban J connectivity index is 0.00000205. The summed E-state index contributed by atoms with van der Waals surface area (Å²) in [5, 5.41) is 2.52. The van der Waals surface area contributed by atoms with Crippen LogP contribution in [-0.2, 0) is 7.05 Å². The summed E-state index contributed by atoms with van der Waals surface area (Å²) in [6.45, 7) is 0. The number of hydrogen-bond donors (Lipinski definition) is 0. The Kier molecular flexibility index (Phi) is 5.65.